The van der Waals surface area contributed by atoms with E-state index in [0.29, 0.717) is 5.92 Å². The number of fused-ring (bicyclic) bond motifs is 2. The molecule has 0 aliphatic rings. The van der Waals surface area contributed by atoms with E-state index in [4.69, 9.17) is 17.0 Å². The third-order valence-electron chi connectivity index (χ3n) is 7.98. The van der Waals surface area contributed by atoms with Crippen LogP contribution in [0.15, 0.2) is 115 Å². The standard InChI is InChI=1S/C21H23.C19H19.C2H6Si.2ClH.Zr/c1-4-6-16-13-19-7-5-8-20(21(19)14-16)18-11-9-17(10-12-18)15(2)3;1-19(2,3)16-12-10-15(11-13-16)18-9-5-7-14-6-4-8-17(14)18;1-3-2;;;/h5,7-15H,4,6H2,1-3H3;4-13H,1-3H3;1-2H3;2*1H;/q2*-1;;;;+4/p-2. The Bertz CT molecular complexity index is 1730. The van der Waals surface area contributed by atoms with Crippen molar-refractivity contribution in [3.05, 3.63) is 132 Å². The van der Waals surface area contributed by atoms with E-state index in [-0.39, 0.29) is 5.41 Å². The SMILES string of the molecule is CC(C)(C)c1ccc(-c2cccc3[cH-]ccc23)cc1.CCCc1cc2c(-c3ccc(C(C)C)cc3)cccc2[cH-]1.C[Si]C.[Cl][Zr+2][Cl]. The Morgan fingerprint density at radius 1 is 0.739 bits per heavy atom. The van der Waals surface area contributed by atoms with Crippen molar-refractivity contribution >= 4 is 48.1 Å². The monoisotopic (exact) mass is 740 g/mol. The molecule has 238 valence electrons. The number of hydrogen-bond donors (Lipinski definition) is 0. The van der Waals surface area contributed by atoms with Crippen molar-refractivity contribution in [3.63, 3.8) is 0 Å². The topological polar surface area (TPSA) is 0 Å². The van der Waals surface area contributed by atoms with E-state index < -0.39 is 20.8 Å². The van der Waals surface area contributed by atoms with E-state index in [1.807, 2.05) is 0 Å². The molecular weight excluding hydrogens is 695 g/mol. The molecule has 4 heteroatoms. The van der Waals surface area contributed by atoms with Gasteiger partial charge in [0.05, 0.1) is 0 Å². The van der Waals surface area contributed by atoms with Crippen LogP contribution in [0.3, 0.4) is 0 Å². The third kappa shape index (κ3) is 10.6. The van der Waals surface area contributed by atoms with Crippen molar-refractivity contribution in [2.24, 2.45) is 0 Å². The van der Waals surface area contributed by atoms with E-state index >= 15 is 0 Å². The fourth-order valence-electron chi connectivity index (χ4n) is 5.59. The second-order valence-corrected chi connectivity index (χ2v) is 17.7. The molecule has 0 aliphatic heterocycles. The van der Waals surface area contributed by atoms with E-state index in [9.17, 15) is 0 Å². The van der Waals surface area contributed by atoms with Crippen LogP contribution in [0.2, 0.25) is 13.1 Å². The molecule has 0 spiro atoms. The van der Waals surface area contributed by atoms with Gasteiger partial charge in [0, 0.05) is 9.52 Å². The van der Waals surface area contributed by atoms with Gasteiger partial charge < -0.3 is 0 Å². The molecule has 6 aromatic rings. The average molecular weight is 743 g/mol. The molecule has 0 N–H and O–H groups in total. The van der Waals surface area contributed by atoms with Crippen molar-refractivity contribution in [1.29, 1.82) is 0 Å². The van der Waals surface area contributed by atoms with E-state index in [1.165, 1.54) is 73.3 Å². The maximum atomic E-state index is 4.93. The first kappa shape index (κ1) is 38.2. The van der Waals surface area contributed by atoms with Crippen LogP contribution in [-0.2, 0) is 32.7 Å². The molecule has 0 saturated heterocycles. The molecule has 0 aliphatic carbocycles. The normalized spacial score (nSPS) is 10.8. The number of benzene rings is 4. The molecule has 0 unspecified atom stereocenters. The summed E-state index contributed by atoms with van der Waals surface area (Å²) in [6.45, 7) is 17.8. The minimum atomic E-state index is -0.826. The van der Waals surface area contributed by atoms with Gasteiger partial charge in [-0.3, -0.25) is 0 Å². The predicted octanol–water partition coefficient (Wildman–Crippen LogP) is 14.0. The van der Waals surface area contributed by atoms with Crippen LogP contribution in [0, 0.1) is 0 Å². The van der Waals surface area contributed by atoms with Crippen LogP contribution in [0.25, 0.3) is 43.8 Å². The Balaban J connectivity index is 0.000000215. The van der Waals surface area contributed by atoms with Gasteiger partial charge in [-0.15, -0.1) is 63.5 Å². The van der Waals surface area contributed by atoms with Crippen molar-refractivity contribution < 1.29 is 20.8 Å². The molecule has 0 fully saturated rings. The number of rotatable bonds is 5. The molecular formula is C42H48Cl2SiZr. The van der Waals surface area contributed by atoms with Crippen LogP contribution in [0.5, 0.6) is 0 Å². The van der Waals surface area contributed by atoms with Gasteiger partial charge in [0.2, 0.25) is 0 Å². The summed E-state index contributed by atoms with van der Waals surface area (Å²) >= 11 is -0.826. The summed E-state index contributed by atoms with van der Waals surface area (Å²) in [5, 5.41) is 5.41. The van der Waals surface area contributed by atoms with Crippen LogP contribution < -0.4 is 0 Å². The fourth-order valence-corrected chi connectivity index (χ4v) is 5.59. The first-order valence-corrected chi connectivity index (χ1v) is 24.5. The molecule has 0 saturated carbocycles. The number of hydrogen-bond acceptors (Lipinski definition) is 0. The first-order valence-electron chi connectivity index (χ1n) is 16.2. The van der Waals surface area contributed by atoms with Crippen LogP contribution in [-0.4, -0.2) is 9.52 Å². The average Bonchev–Trinajstić information content (AvgIpc) is 3.69. The van der Waals surface area contributed by atoms with Gasteiger partial charge in [0.15, 0.2) is 0 Å². The zero-order chi connectivity index (χ0) is 33.7. The summed E-state index contributed by atoms with van der Waals surface area (Å²) in [6.07, 6.45) is 2.37. The van der Waals surface area contributed by atoms with Crippen molar-refractivity contribution in [2.75, 3.05) is 0 Å². The van der Waals surface area contributed by atoms with Crippen molar-refractivity contribution in [2.45, 2.75) is 78.8 Å². The zero-order valence-electron chi connectivity index (χ0n) is 28.7. The van der Waals surface area contributed by atoms with E-state index in [1.54, 1.807) is 0 Å². The second-order valence-electron chi connectivity index (χ2n) is 12.9. The summed E-state index contributed by atoms with van der Waals surface area (Å²) in [4.78, 5) is 0. The summed E-state index contributed by atoms with van der Waals surface area (Å²) in [7, 11) is 11.0. The summed E-state index contributed by atoms with van der Waals surface area (Å²) in [5.41, 5.74) is 9.74. The Kier molecular flexibility index (Phi) is 15.7. The minimum absolute atomic E-state index is 0.213. The van der Waals surface area contributed by atoms with Gasteiger partial charge in [0.1, 0.15) is 0 Å². The van der Waals surface area contributed by atoms with Gasteiger partial charge in [-0.25, -0.2) is 0 Å². The van der Waals surface area contributed by atoms with Crippen LogP contribution in [0.4, 0.5) is 0 Å². The molecule has 46 heavy (non-hydrogen) atoms. The first-order chi connectivity index (χ1) is 22.1. The van der Waals surface area contributed by atoms with E-state index in [0.717, 1.165) is 9.52 Å². The Morgan fingerprint density at radius 3 is 1.78 bits per heavy atom. The molecule has 0 bridgehead atoms. The van der Waals surface area contributed by atoms with Crippen LogP contribution >= 0.6 is 17.0 Å². The Hall–Kier alpha value is -2.22. The zero-order valence-corrected chi connectivity index (χ0v) is 33.7. The molecule has 0 atom stereocenters. The molecule has 0 nitrogen and oxygen atoms in total. The van der Waals surface area contributed by atoms with Gasteiger partial charge in [-0.05, 0) is 40.0 Å². The maximum absolute atomic E-state index is 4.93. The summed E-state index contributed by atoms with van der Waals surface area (Å²) < 4.78 is 0. The van der Waals surface area contributed by atoms with E-state index in [2.05, 4.69) is 170 Å². The molecule has 0 aromatic heterocycles. The summed E-state index contributed by atoms with van der Waals surface area (Å²) in [6, 6.07) is 42.3. The van der Waals surface area contributed by atoms with Gasteiger partial charge >= 0.3 is 37.9 Å². The Labute approximate surface area is 299 Å². The third-order valence-corrected chi connectivity index (χ3v) is 7.98. The summed E-state index contributed by atoms with van der Waals surface area (Å²) in [5.74, 6) is 0.588. The fraction of sp³-hybridized carbons (Fsp3) is 0.286. The predicted molar refractivity (Wildman–Crippen MR) is 206 cm³/mol. The number of aryl methyl sites for hydroxylation is 1. The van der Waals surface area contributed by atoms with Gasteiger partial charge in [0.25, 0.3) is 0 Å². The number of halogens is 2. The molecule has 6 aromatic carbocycles. The van der Waals surface area contributed by atoms with Crippen LogP contribution in [0.1, 0.15) is 70.6 Å². The molecule has 0 amide bonds. The van der Waals surface area contributed by atoms with Gasteiger partial charge in [-0.2, -0.15) is 18.2 Å². The molecule has 6 rings (SSSR count). The quantitative estimate of drug-likeness (QED) is 0.122. The Morgan fingerprint density at radius 2 is 1.26 bits per heavy atom. The van der Waals surface area contributed by atoms with Crippen molar-refractivity contribution in [3.8, 4) is 22.3 Å². The molecule has 0 heterocycles. The second kappa shape index (κ2) is 18.9. The van der Waals surface area contributed by atoms with Crippen molar-refractivity contribution in [1.82, 2.24) is 0 Å². The van der Waals surface area contributed by atoms with Gasteiger partial charge in [-0.1, -0.05) is 133 Å². The molecule has 2 radical (unpaired) electrons.